The van der Waals surface area contributed by atoms with Crippen LogP contribution in [0.1, 0.15) is 187 Å². The van der Waals surface area contributed by atoms with Gasteiger partial charge < -0.3 is 5.11 Å². The van der Waals surface area contributed by atoms with Crippen LogP contribution < -0.4 is 0 Å². The number of rotatable bonds is 2. The standard InChI is InChI=1S/C21H34O.C20H32O2.CH3F.3CH4/c1-4-21-12-9-14(2)13-15(21)5-6-16-17-7-8-19(22)20(17,3)11-10-18(16)21;1-3-20-11-8-14(21)12-13(20)4-5-15-16-6-7-18(22)19(16,2)10-9-17(15)20;1-2;;;/h14-18H,4-13H2,1-3H3;13-17,21H,3-12H2,1-2H3;1H3;3*1H4/t14-,15+,16+,17+,18+,20+,21+;13-,14+,15-,16-,17-,19-,20-;;;;/m10..../s1/i;;1D;;;. The Morgan fingerprint density at radius 2 is 1.08 bits per heavy atom. The van der Waals surface area contributed by atoms with Crippen LogP contribution in [-0.2, 0) is 9.59 Å². The van der Waals surface area contributed by atoms with E-state index < -0.39 is 7.15 Å². The molecular weight excluding hydrogens is 607 g/mol. The van der Waals surface area contributed by atoms with Gasteiger partial charge in [0.05, 0.1) is 14.6 Å². The Balaban J connectivity index is 0.000000238. The second-order valence-corrected chi connectivity index (χ2v) is 18.6. The van der Waals surface area contributed by atoms with Crippen molar-refractivity contribution in [1.82, 2.24) is 0 Å². The Morgan fingerprint density at radius 3 is 1.53 bits per heavy atom. The molecule has 0 aromatic carbocycles. The van der Waals surface area contributed by atoms with Gasteiger partial charge in [-0.15, -0.1) is 0 Å². The highest BCUT2D eigenvalue weighted by atomic mass is 19.1. The van der Waals surface area contributed by atoms with Crippen molar-refractivity contribution in [2.45, 2.75) is 191 Å². The zero-order chi connectivity index (χ0) is 33.8. The first kappa shape index (κ1) is 41.0. The minimum Gasteiger partial charge on any atom is -0.393 e. The van der Waals surface area contributed by atoms with Crippen LogP contribution in [0.4, 0.5) is 4.39 Å². The van der Waals surface area contributed by atoms with Gasteiger partial charge in [-0.3, -0.25) is 14.0 Å². The molecule has 0 aromatic heterocycles. The molecule has 0 heterocycles. The average Bonchev–Trinajstić information content (AvgIpc) is 3.55. The molecule has 8 fully saturated rings. The van der Waals surface area contributed by atoms with Gasteiger partial charge in [-0.1, -0.05) is 63.3 Å². The van der Waals surface area contributed by atoms with Gasteiger partial charge in [0.15, 0.2) is 0 Å². The lowest BCUT2D eigenvalue weighted by Crippen LogP contribution is -2.55. The topological polar surface area (TPSA) is 54.4 Å². The van der Waals surface area contributed by atoms with Gasteiger partial charge in [0.2, 0.25) is 0 Å². The molecule has 8 rings (SSSR count). The fourth-order valence-electron chi connectivity index (χ4n) is 15.3. The lowest BCUT2D eigenvalue weighted by Gasteiger charge is -2.61. The molecule has 0 radical (unpaired) electrons. The highest BCUT2D eigenvalue weighted by Gasteiger charge is 2.62. The summed E-state index contributed by atoms with van der Waals surface area (Å²) in [5.74, 6) is 8.64. The molecule has 1 N–H and O–H groups in total. The van der Waals surface area contributed by atoms with Gasteiger partial charge in [0.25, 0.3) is 0 Å². The Kier molecular flexibility index (Phi) is 13.5. The molecule has 286 valence electrons. The number of Topliss-reactive ketones (excluding diaryl/α,β-unsaturated/α-hetero) is 2. The zero-order valence-electron chi connectivity index (χ0n) is 31.3. The number of fused-ring (bicyclic) bond motifs is 10. The monoisotopic (exact) mass is 690 g/mol. The summed E-state index contributed by atoms with van der Waals surface area (Å²) < 4.78 is 15.5. The Bertz CT molecular complexity index is 1060. The molecule has 4 heteroatoms. The average molecular weight is 690 g/mol. The number of halogens is 1. The third-order valence-electron chi connectivity index (χ3n) is 17.7. The predicted molar refractivity (Wildman–Crippen MR) is 205 cm³/mol. The number of hydrogen-bond donors (Lipinski definition) is 1. The fraction of sp³-hybridized carbons (Fsp3) is 0.956. The largest absolute Gasteiger partial charge is 0.393 e. The van der Waals surface area contributed by atoms with E-state index in [9.17, 15) is 19.1 Å². The summed E-state index contributed by atoms with van der Waals surface area (Å²) in [7, 11) is -1.00. The van der Waals surface area contributed by atoms with Gasteiger partial charge >= 0.3 is 0 Å². The maximum absolute atomic E-state index is 12.5. The maximum Gasteiger partial charge on any atom is 0.139 e. The van der Waals surface area contributed by atoms with Crippen molar-refractivity contribution in [3.63, 3.8) is 0 Å². The number of hydrogen-bond acceptors (Lipinski definition) is 3. The molecule has 0 amide bonds. The molecule has 14 atom stereocenters. The first-order valence-electron chi connectivity index (χ1n) is 20.7. The first-order valence-corrected chi connectivity index (χ1v) is 20.0. The van der Waals surface area contributed by atoms with Crippen LogP contribution in [0.25, 0.3) is 0 Å². The van der Waals surface area contributed by atoms with Crippen LogP contribution in [0.5, 0.6) is 0 Å². The van der Waals surface area contributed by atoms with Crippen molar-refractivity contribution in [2.75, 3.05) is 7.15 Å². The van der Waals surface area contributed by atoms with Crippen LogP contribution in [0.2, 0.25) is 0 Å². The maximum atomic E-state index is 12.5. The quantitative estimate of drug-likeness (QED) is 0.314. The Morgan fingerprint density at radius 1 is 0.653 bits per heavy atom. The van der Waals surface area contributed by atoms with E-state index in [0.29, 0.717) is 28.3 Å². The Hall–Kier alpha value is -0.770. The summed E-state index contributed by atoms with van der Waals surface area (Å²) in [6.07, 6.45) is 24.8. The van der Waals surface area contributed by atoms with E-state index in [1.165, 1.54) is 89.9 Å². The van der Waals surface area contributed by atoms with Gasteiger partial charge in [-0.25, -0.2) is 0 Å². The molecule has 0 aliphatic heterocycles. The minimum absolute atomic E-state index is 0. The highest BCUT2D eigenvalue weighted by Crippen LogP contribution is 2.68. The van der Waals surface area contributed by atoms with Gasteiger partial charge in [0, 0.05) is 23.7 Å². The number of ketones is 2. The summed E-state index contributed by atoms with van der Waals surface area (Å²) in [5, 5.41) is 10.1. The predicted octanol–water partition coefficient (Wildman–Crippen LogP) is 12.5. The van der Waals surface area contributed by atoms with Gasteiger partial charge in [-0.05, 0) is 173 Å². The van der Waals surface area contributed by atoms with Crippen LogP contribution in [0.15, 0.2) is 0 Å². The van der Waals surface area contributed by atoms with Crippen LogP contribution in [0, 0.1) is 74.9 Å². The lowest BCUT2D eigenvalue weighted by molar-refractivity contribution is -0.146. The molecule has 8 aliphatic carbocycles. The second-order valence-electron chi connectivity index (χ2n) is 18.6. The summed E-state index contributed by atoms with van der Waals surface area (Å²) in [5.41, 5.74) is 1.19. The molecule has 8 aliphatic rings. The third kappa shape index (κ3) is 6.57. The lowest BCUT2D eigenvalue weighted by atomic mass is 9.43. The van der Waals surface area contributed by atoms with Crippen molar-refractivity contribution >= 4 is 11.6 Å². The fourth-order valence-corrected chi connectivity index (χ4v) is 15.3. The van der Waals surface area contributed by atoms with Crippen molar-refractivity contribution in [1.29, 1.82) is 0 Å². The van der Waals surface area contributed by atoms with Crippen molar-refractivity contribution in [3.05, 3.63) is 0 Å². The van der Waals surface area contributed by atoms with E-state index in [1.807, 2.05) is 0 Å². The molecule has 0 unspecified atom stereocenters. The molecular formula is C45H81FO3. The van der Waals surface area contributed by atoms with E-state index in [2.05, 4.69) is 34.6 Å². The van der Waals surface area contributed by atoms with Gasteiger partial charge in [-0.2, -0.15) is 0 Å². The van der Waals surface area contributed by atoms with E-state index in [0.717, 1.165) is 85.9 Å². The first-order chi connectivity index (χ1) is 22.4. The normalized spacial score (nSPS) is 49.3. The third-order valence-corrected chi connectivity index (χ3v) is 17.7. The summed E-state index contributed by atoms with van der Waals surface area (Å²) in [6.45, 7) is 11.9. The smallest absolute Gasteiger partial charge is 0.139 e. The number of carbonyl (C=O) groups is 2. The van der Waals surface area contributed by atoms with Crippen molar-refractivity contribution in [2.24, 2.45) is 74.9 Å². The number of carbonyl (C=O) groups excluding carboxylic acids is 2. The zero-order valence-corrected chi connectivity index (χ0v) is 30.3. The van der Waals surface area contributed by atoms with E-state index >= 15 is 0 Å². The number of aliphatic hydroxyl groups excluding tert-OH is 1. The molecule has 0 spiro atoms. The van der Waals surface area contributed by atoms with Crippen LogP contribution in [-0.4, -0.2) is 29.9 Å². The number of aliphatic hydroxyl groups is 1. The van der Waals surface area contributed by atoms with Crippen molar-refractivity contribution in [3.8, 4) is 0 Å². The Labute approximate surface area is 304 Å². The van der Waals surface area contributed by atoms with E-state index in [4.69, 9.17) is 1.37 Å². The minimum atomic E-state index is -1.00. The summed E-state index contributed by atoms with van der Waals surface area (Å²) in [4.78, 5) is 24.9. The molecule has 0 bridgehead atoms. The van der Waals surface area contributed by atoms with Gasteiger partial charge in [0.1, 0.15) is 11.6 Å². The molecule has 8 saturated carbocycles. The van der Waals surface area contributed by atoms with E-state index in [1.54, 1.807) is 0 Å². The summed E-state index contributed by atoms with van der Waals surface area (Å²) >= 11 is 0. The molecule has 0 saturated heterocycles. The number of alkyl halides is 1. The van der Waals surface area contributed by atoms with Crippen LogP contribution >= 0.6 is 0 Å². The highest BCUT2D eigenvalue weighted by molar-refractivity contribution is 5.87. The van der Waals surface area contributed by atoms with Crippen LogP contribution in [0.3, 0.4) is 0 Å². The van der Waals surface area contributed by atoms with E-state index in [-0.39, 0.29) is 39.2 Å². The molecule has 49 heavy (non-hydrogen) atoms. The second kappa shape index (κ2) is 16.1. The SMILES string of the molecule is C.C.C.CC[C@]12CC[C@@H](C)C[C@@H]1CC[C@@H]1[C@@H]2CC[C@]2(C)C(=O)CC[C@@H]12.CC[C@]12CC[C@@H](O)C[C@@H]1CC[C@@H]1[C@@H]2CC[C@]2(C)C(=O)CC[C@@H]12.[2H]CF. The molecule has 0 aromatic rings. The molecule has 3 nitrogen and oxygen atoms in total. The van der Waals surface area contributed by atoms with Crippen molar-refractivity contribution < 1.29 is 20.5 Å². The summed E-state index contributed by atoms with van der Waals surface area (Å²) in [6, 6.07) is 0.